The lowest BCUT2D eigenvalue weighted by atomic mass is 10.0. The molecule has 2 rings (SSSR count). The lowest BCUT2D eigenvalue weighted by Gasteiger charge is -2.38. The zero-order valence-electron chi connectivity index (χ0n) is 12.5. The van der Waals surface area contributed by atoms with Crippen molar-refractivity contribution in [3.05, 3.63) is 23.8 Å². The Kier molecular flexibility index (Phi) is 4.18. The molecule has 0 atom stereocenters. The molecule has 110 valence electrons. The van der Waals surface area contributed by atoms with Gasteiger partial charge in [0, 0.05) is 19.6 Å². The van der Waals surface area contributed by atoms with Crippen LogP contribution in [0.1, 0.15) is 19.4 Å². The van der Waals surface area contributed by atoms with Crippen LogP contribution >= 0.6 is 0 Å². The first-order valence-corrected chi connectivity index (χ1v) is 6.73. The molecule has 0 aliphatic carbocycles. The summed E-state index contributed by atoms with van der Waals surface area (Å²) in [4.78, 5) is 14.2. The number of rotatable bonds is 4. The smallest absolute Gasteiger partial charge is 0.242 e. The molecule has 1 aliphatic rings. The van der Waals surface area contributed by atoms with E-state index in [9.17, 15) is 4.79 Å². The largest absolute Gasteiger partial charge is 0.493 e. The van der Waals surface area contributed by atoms with E-state index in [0.29, 0.717) is 18.0 Å². The van der Waals surface area contributed by atoms with Crippen LogP contribution in [0.3, 0.4) is 0 Å². The Labute approximate surface area is 119 Å². The number of carbonyl (C=O) groups excluding carboxylic acids is 1. The lowest BCUT2D eigenvalue weighted by Crippen LogP contribution is -2.60. The summed E-state index contributed by atoms with van der Waals surface area (Å²) >= 11 is 0. The van der Waals surface area contributed by atoms with E-state index < -0.39 is 5.54 Å². The number of methoxy groups -OCH3 is 2. The van der Waals surface area contributed by atoms with Crippen LogP contribution in [0.4, 0.5) is 0 Å². The molecule has 0 spiro atoms. The van der Waals surface area contributed by atoms with Crippen molar-refractivity contribution in [2.75, 3.05) is 27.3 Å². The van der Waals surface area contributed by atoms with Gasteiger partial charge in [-0.2, -0.15) is 0 Å². The van der Waals surface area contributed by atoms with Crippen molar-refractivity contribution in [3.8, 4) is 11.5 Å². The van der Waals surface area contributed by atoms with Gasteiger partial charge in [-0.15, -0.1) is 0 Å². The van der Waals surface area contributed by atoms with Crippen molar-refractivity contribution in [2.24, 2.45) is 0 Å². The minimum Gasteiger partial charge on any atom is -0.493 e. The quantitative estimate of drug-likeness (QED) is 0.905. The van der Waals surface area contributed by atoms with E-state index in [-0.39, 0.29) is 5.91 Å². The number of hydrogen-bond donors (Lipinski definition) is 1. The highest BCUT2D eigenvalue weighted by molar-refractivity contribution is 5.86. The maximum atomic E-state index is 12.3. The van der Waals surface area contributed by atoms with Crippen LogP contribution in [0.15, 0.2) is 18.2 Å². The summed E-state index contributed by atoms with van der Waals surface area (Å²) in [6, 6.07) is 5.75. The molecule has 1 aliphatic heterocycles. The van der Waals surface area contributed by atoms with E-state index in [1.165, 1.54) is 0 Å². The number of nitrogens with zero attached hydrogens (tertiary/aromatic N) is 1. The number of carbonyl (C=O) groups is 1. The number of hydrogen-bond acceptors (Lipinski definition) is 4. The van der Waals surface area contributed by atoms with E-state index in [0.717, 1.165) is 18.7 Å². The van der Waals surface area contributed by atoms with Gasteiger partial charge in [-0.25, -0.2) is 0 Å². The molecule has 0 aromatic heterocycles. The third-order valence-electron chi connectivity index (χ3n) is 3.59. The van der Waals surface area contributed by atoms with Crippen molar-refractivity contribution in [3.63, 3.8) is 0 Å². The second-order valence-corrected chi connectivity index (χ2v) is 5.47. The van der Waals surface area contributed by atoms with Crippen molar-refractivity contribution in [2.45, 2.75) is 25.9 Å². The predicted octanol–water partition coefficient (Wildman–Crippen LogP) is 1.41. The molecule has 1 aromatic rings. The van der Waals surface area contributed by atoms with Gasteiger partial charge >= 0.3 is 0 Å². The highest BCUT2D eigenvalue weighted by Gasteiger charge is 2.35. The highest BCUT2D eigenvalue weighted by Crippen LogP contribution is 2.28. The number of amides is 1. The third-order valence-corrected chi connectivity index (χ3v) is 3.59. The van der Waals surface area contributed by atoms with Crippen LogP contribution in [0.5, 0.6) is 11.5 Å². The zero-order valence-corrected chi connectivity index (χ0v) is 12.5. The summed E-state index contributed by atoms with van der Waals surface area (Å²) in [5, 5.41) is 3.23. The average molecular weight is 278 g/mol. The molecular weight excluding hydrogens is 256 g/mol. The van der Waals surface area contributed by atoms with E-state index in [1.54, 1.807) is 14.2 Å². The minimum atomic E-state index is -0.491. The fourth-order valence-electron chi connectivity index (χ4n) is 2.43. The first-order chi connectivity index (χ1) is 9.47. The molecule has 0 radical (unpaired) electrons. The average Bonchev–Trinajstić information content (AvgIpc) is 2.43. The molecule has 0 unspecified atom stereocenters. The van der Waals surface area contributed by atoms with E-state index in [2.05, 4.69) is 5.32 Å². The maximum absolute atomic E-state index is 12.3. The van der Waals surface area contributed by atoms with Gasteiger partial charge in [0.1, 0.15) is 0 Å². The monoisotopic (exact) mass is 278 g/mol. The van der Waals surface area contributed by atoms with E-state index in [4.69, 9.17) is 9.47 Å². The number of nitrogens with one attached hydrogen (secondary N) is 1. The summed E-state index contributed by atoms with van der Waals surface area (Å²) in [7, 11) is 3.22. The molecule has 1 amide bonds. The van der Waals surface area contributed by atoms with Crippen LogP contribution in [0.25, 0.3) is 0 Å². The van der Waals surface area contributed by atoms with Crippen LogP contribution in [0.2, 0.25) is 0 Å². The van der Waals surface area contributed by atoms with Gasteiger partial charge in [-0.1, -0.05) is 6.07 Å². The second-order valence-electron chi connectivity index (χ2n) is 5.47. The molecule has 5 nitrogen and oxygen atoms in total. The Hall–Kier alpha value is -1.75. The van der Waals surface area contributed by atoms with Gasteiger partial charge in [0.25, 0.3) is 0 Å². The molecule has 1 aromatic carbocycles. The van der Waals surface area contributed by atoms with Gasteiger partial charge in [0.15, 0.2) is 11.5 Å². The SMILES string of the molecule is COc1ccc(CN2CCNC(C)(C)C2=O)cc1OC. The van der Waals surface area contributed by atoms with Crippen LogP contribution in [0, 0.1) is 0 Å². The van der Waals surface area contributed by atoms with Crippen molar-refractivity contribution < 1.29 is 14.3 Å². The number of ether oxygens (including phenoxy) is 2. The van der Waals surface area contributed by atoms with Crippen molar-refractivity contribution in [1.29, 1.82) is 0 Å². The van der Waals surface area contributed by atoms with Crippen LogP contribution in [-0.4, -0.2) is 43.7 Å². The van der Waals surface area contributed by atoms with Crippen LogP contribution in [-0.2, 0) is 11.3 Å². The Balaban J connectivity index is 2.15. The van der Waals surface area contributed by atoms with Crippen molar-refractivity contribution in [1.82, 2.24) is 10.2 Å². The summed E-state index contributed by atoms with van der Waals surface area (Å²) < 4.78 is 10.5. The molecule has 0 saturated carbocycles. The number of benzene rings is 1. The maximum Gasteiger partial charge on any atom is 0.242 e. The third kappa shape index (κ3) is 2.88. The second kappa shape index (κ2) is 5.71. The first-order valence-electron chi connectivity index (χ1n) is 6.73. The van der Waals surface area contributed by atoms with E-state index in [1.807, 2.05) is 36.9 Å². The predicted molar refractivity (Wildman–Crippen MR) is 77.0 cm³/mol. The Morgan fingerprint density at radius 1 is 1.25 bits per heavy atom. The minimum absolute atomic E-state index is 0.124. The van der Waals surface area contributed by atoms with Gasteiger partial charge in [-0.05, 0) is 31.5 Å². The van der Waals surface area contributed by atoms with Gasteiger partial charge < -0.3 is 19.7 Å². The molecule has 1 saturated heterocycles. The highest BCUT2D eigenvalue weighted by atomic mass is 16.5. The summed E-state index contributed by atoms with van der Waals surface area (Å²) in [5.41, 5.74) is 0.545. The molecule has 20 heavy (non-hydrogen) atoms. The fourth-order valence-corrected chi connectivity index (χ4v) is 2.43. The Morgan fingerprint density at radius 2 is 1.95 bits per heavy atom. The molecule has 5 heteroatoms. The first kappa shape index (κ1) is 14.7. The Morgan fingerprint density at radius 3 is 2.60 bits per heavy atom. The standard InChI is InChI=1S/C15H22N2O3/c1-15(2)14(18)17(8-7-16-15)10-11-5-6-12(19-3)13(9-11)20-4/h5-6,9,16H,7-8,10H2,1-4H3. The topological polar surface area (TPSA) is 50.8 Å². The van der Waals surface area contributed by atoms with Gasteiger partial charge in [0.05, 0.1) is 19.8 Å². The van der Waals surface area contributed by atoms with Gasteiger partial charge in [-0.3, -0.25) is 4.79 Å². The van der Waals surface area contributed by atoms with Crippen molar-refractivity contribution >= 4 is 5.91 Å². The lowest BCUT2D eigenvalue weighted by molar-refractivity contribution is -0.140. The summed E-state index contributed by atoms with van der Waals surface area (Å²) in [6.07, 6.45) is 0. The summed E-state index contributed by atoms with van der Waals surface area (Å²) in [6.45, 7) is 5.94. The molecule has 1 fully saturated rings. The Bertz CT molecular complexity index is 500. The van der Waals surface area contributed by atoms with E-state index >= 15 is 0 Å². The number of piperazine rings is 1. The molecular formula is C15H22N2O3. The van der Waals surface area contributed by atoms with Crippen LogP contribution < -0.4 is 14.8 Å². The molecule has 0 bridgehead atoms. The molecule has 1 heterocycles. The molecule has 1 N–H and O–H groups in total. The normalized spacial score (nSPS) is 18.0. The fraction of sp³-hybridized carbons (Fsp3) is 0.533. The zero-order chi connectivity index (χ0) is 14.8. The summed E-state index contributed by atoms with van der Waals surface area (Å²) in [5.74, 6) is 1.51. The van der Waals surface area contributed by atoms with Gasteiger partial charge in [0.2, 0.25) is 5.91 Å².